The third kappa shape index (κ3) is 1.87. The second kappa shape index (κ2) is 3.26. The Bertz CT molecular complexity index is 195. The minimum Gasteiger partial charge on any atom is -0.201 e. The van der Waals surface area contributed by atoms with E-state index in [-0.39, 0.29) is 0 Å². The lowest BCUT2D eigenvalue weighted by Crippen LogP contribution is -1.74. The van der Waals surface area contributed by atoms with Crippen LogP contribution in [0.15, 0.2) is 12.3 Å². The van der Waals surface area contributed by atoms with Crippen LogP contribution in [0.1, 0.15) is 11.3 Å². The Morgan fingerprint density at radius 1 is 1.78 bits per heavy atom. The first-order chi connectivity index (χ1) is 4.43. The molecule has 1 rings (SSSR count). The maximum atomic E-state index is 5.08. The van der Waals surface area contributed by atoms with E-state index in [1.165, 1.54) is 16.4 Å². The van der Waals surface area contributed by atoms with E-state index in [9.17, 15) is 0 Å². The number of terminal acetylenes is 1. The SMILES string of the molecule is C#CCCc1ccns1. The average Bonchev–Trinajstić information content (AvgIpc) is 2.34. The summed E-state index contributed by atoms with van der Waals surface area (Å²) in [4.78, 5) is 1.27. The van der Waals surface area contributed by atoms with Gasteiger partial charge in [-0.25, -0.2) is 4.37 Å². The minimum absolute atomic E-state index is 0.822. The highest BCUT2D eigenvalue weighted by Crippen LogP contribution is 2.06. The first-order valence-corrected chi connectivity index (χ1v) is 3.54. The maximum Gasteiger partial charge on any atom is 0.0409 e. The minimum atomic E-state index is 0.822. The number of nitrogens with zero attached hydrogens (tertiary/aromatic N) is 1. The quantitative estimate of drug-likeness (QED) is 0.565. The van der Waals surface area contributed by atoms with E-state index in [4.69, 9.17) is 6.42 Å². The third-order valence-corrected chi connectivity index (χ3v) is 1.81. The van der Waals surface area contributed by atoms with Gasteiger partial charge >= 0.3 is 0 Å². The zero-order valence-corrected chi connectivity index (χ0v) is 5.82. The molecular formula is C7H7NS. The van der Waals surface area contributed by atoms with Gasteiger partial charge in [0.25, 0.3) is 0 Å². The van der Waals surface area contributed by atoms with Gasteiger partial charge in [0.05, 0.1) is 0 Å². The molecule has 0 spiro atoms. The smallest absolute Gasteiger partial charge is 0.0409 e. The molecule has 1 aromatic rings. The molecule has 1 heterocycles. The molecule has 9 heavy (non-hydrogen) atoms. The Morgan fingerprint density at radius 2 is 2.67 bits per heavy atom. The van der Waals surface area contributed by atoms with Crippen molar-refractivity contribution in [2.24, 2.45) is 0 Å². The standard InChI is InChI=1S/C7H7NS/c1-2-3-4-7-5-6-8-9-7/h1,5-6H,3-4H2. The maximum absolute atomic E-state index is 5.08. The summed E-state index contributed by atoms with van der Waals surface area (Å²) < 4.78 is 3.95. The lowest BCUT2D eigenvalue weighted by molar-refractivity contribution is 1.06. The van der Waals surface area contributed by atoms with E-state index in [0.29, 0.717) is 0 Å². The normalized spacial score (nSPS) is 8.78. The van der Waals surface area contributed by atoms with Crippen LogP contribution in [0.4, 0.5) is 0 Å². The van der Waals surface area contributed by atoms with Gasteiger partial charge in [0.2, 0.25) is 0 Å². The van der Waals surface area contributed by atoms with Crippen molar-refractivity contribution in [3.63, 3.8) is 0 Å². The molecule has 0 fully saturated rings. The van der Waals surface area contributed by atoms with Crippen molar-refractivity contribution in [2.75, 3.05) is 0 Å². The highest BCUT2D eigenvalue weighted by molar-refractivity contribution is 7.05. The monoisotopic (exact) mass is 137 g/mol. The van der Waals surface area contributed by atoms with Crippen molar-refractivity contribution in [1.82, 2.24) is 4.37 Å². The van der Waals surface area contributed by atoms with Crippen molar-refractivity contribution in [3.8, 4) is 12.3 Å². The van der Waals surface area contributed by atoms with Gasteiger partial charge in [0.1, 0.15) is 0 Å². The molecule has 0 saturated heterocycles. The van der Waals surface area contributed by atoms with Crippen LogP contribution in [0, 0.1) is 12.3 Å². The predicted molar refractivity (Wildman–Crippen MR) is 39.3 cm³/mol. The van der Waals surface area contributed by atoms with Crippen molar-refractivity contribution in [3.05, 3.63) is 17.1 Å². The zero-order valence-electron chi connectivity index (χ0n) is 5.00. The Balaban J connectivity index is 2.41. The summed E-state index contributed by atoms with van der Waals surface area (Å²) in [5.74, 6) is 2.58. The van der Waals surface area contributed by atoms with E-state index in [1.54, 1.807) is 6.20 Å². The number of hydrogen-bond donors (Lipinski definition) is 0. The van der Waals surface area contributed by atoms with Crippen molar-refractivity contribution in [1.29, 1.82) is 0 Å². The van der Waals surface area contributed by atoms with Gasteiger partial charge in [-0.05, 0) is 24.0 Å². The van der Waals surface area contributed by atoms with Crippen molar-refractivity contribution >= 4 is 11.5 Å². The Kier molecular flexibility index (Phi) is 2.29. The summed E-state index contributed by atoms with van der Waals surface area (Å²) in [7, 11) is 0. The Hall–Kier alpha value is -0.810. The van der Waals surface area contributed by atoms with Gasteiger partial charge in [0.15, 0.2) is 0 Å². The highest BCUT2D eigenvalue weighted by atomic mass is 32.1. The molecule has 0 aliphatic rings. The summed E-state index contributed by atoms with van der Waals surface area (Å²) >= 11 is 1.52. The second-order valence-corrected chi connectivity index (χ2v) is 2.60. The third-order valence-electron chi connectivity index (χ3n) is 1.01. The van der Waals surface area contributed by atoms with Crippen molar-refractivity contribution < 1.29 is 0 Å². The molecule has 2 heteroatoms. The Morgan fingerprint density at radius 3 is 3.22 bits per heavy atom. The summed E-state index contributed by atoms with van der Waals surface area (Å²) in [5.41, 5.74) is 0. The van der Waals surface area contributed by atoms with Gasteiger partial charge < -0.3 is 0 Å². The first kappa shape index (κ1) is 6.31. The zero-order chi connectivity index (χ0) is 6.53. The van der Waals surface area contributed by atoms with Gasteiger partial charge in [-0.1, -0.05) is 0 Å². The molecule has 0 aliphatic carbocycles. The summed E-state index contributed by atoms with van der Waals surface area (Å²) in [6.45, 7) is 0. The number of rotatable bonds is 2. The number of aromatic nitrogens is 1. The molecule has 1 nitrogen and oxygen atoms in total. The molecule has 1 aromatic heterocycles. The summed E-state index contributed by atoms with van der Waals surface area (Å²) in [6, 6.07) is 2.00. The highest BCUT2D eigenvalue weighted by Gasteiger charge is 1.90. The average molecular weight is 137 g/mol. The fraction of sp³-hybridized carbons (Fsp3) is 0.286. The van der Waals surface area contributed by atoms with Gasteiger partial charge in [0, 0.05) is 17.5 Å². The van der Waals surface area contributed by atoms with Crippen LogP contribution in [-0.4, -0.2) is 4.37 Å². The molecule has 0 N–H and O–H groups in total. The van der Waals surface area contributed by atoms with E-state index in [2.05, 4.69) is 10.3 Å². The summed E-state index contributed by atoms with van der Waals surface area (Å²) in [6.07, 6.45) is 8.68. The molecule has 0 amide bonds. The van der Waals surface area contributed by atoms with E-state index >= 15 is 0 Å². The second-order valence-electron chi connectivity index (χ2n) is 1.68. The molecule has 0 unspecified atom stereocenters. The van der Waals surface area contributed by atoms with Crippen LogP contribution in [0.5, 0.6) is 0 Å². The molecule has 0 aromatic carbocycles. The van der Waals surface area contributed by atoms with Crippen LogP contribution < -0.4 is 0 Å². The first-order valence-electron chi connectivity index (χ1n) is 2.76. The van der Waals surface area contributed by atoms with Crippen LogP contribution in [0.2, 0.25) is 0 Å². The van der Waals surface area contributed by atoms with Gasteiger partial charge in [-0.3, -0.25) is 0 Å². The van der Waals surface area contributed by atoms with Crippen molar-refractivity contribution in [2.45, 2.75) is 12.8 Å². The lowest BCUT2D eigenvalue weighted by Gasteiger charge is -1.84. The largest absolute Gasteiger partial charge is 0.201 e. The summed E-state index contributed by atoms with van der Waals surface area (Å²) in [5, 5.41) is 0. The van der Waals surface area contributed by atoms with E-state index in [0.717, 1.165) is 12.8 Å². The number of hydrogen-bond acceptors (Lipinski definition) is 2. The van der Waals surface area contributed by atoms with Gasteiger partial charge in [-0.15, -0.1) is 12.3 Å². The number of aryl methyl sites for hydroxylation is 1. The fourth-order valence-electron chi connectivity index (χ4n) is 0.566. The molecule has 0 aliphatic heterocycles. The molecule has 0 radical (unpaired) electrons. The molecule has 0 atom stereocenters. The Labute approximate surface area is 58.9 Å². The van der Waals surface area contributed by atoms with Crippen LogP contribution in [0.25, 0.3) is 0 Å². The van der Waals surface area contributed by atoms with Gasteiger partial charge in [-0.2, -0.15) is 0 Å². The molecule has 0 saturated carbocycles. The van der Waals surface area contributed by atoms with Crippen LogP contribution in [0.3, 0.4) is 0 Å². The predicted octanol–water partition coefficient (Wildman–Crippen LogP) is 1.71. The lowest BCUT2D eigenvalue weighted by atomic mass is 10.3. The molecule has 0 bridgehead atoms. The van der Waals surface area contributed by atoms with Crippen LogP contribution in [-0.2, 0) is 6.42 Å². The molecular weight excluding hydrogens is 130 g/mol. The molecule has 46 valence electrons. The van der Waals surface area contributed by atoms with E-state index < -0.39 is 0 Å². The van der Waals surface area contributed by atoms with Crippen LogP contribution >= 0.6 is 11.5 Å². The fourth-order valence-corrected chi connectivity index (χ4v) is 1.14. The topological polar surface area (TPSA) is 12.9 Å². The van der Waals surface area contributed by atoms with E-state index in [1.807, 2.05) is 6.07 Å².